The molecule has 0 atom stereocenters. The molecule has 6 nitrogen and oxygen atoms in total. The Bertz CT molecular complexity index is 962. The number of carbonyl (C=O) groups excluding carboxylic acids is 1. The van der Waals surface area contributed by atoms with Crippen molar-refractivity contribution < 1.29 is 14.3 Å². The topological polar surface area (TPSA) is 78.6 Å². The molecular formula is C23H25N3O3. The number of benzene rings is 1. The second-order valence-corrected chi connectivity index (χ2v) is 7.47. The van der Waals surface area contributed by atoms with Crippen molar-refractivity contribution in [2.24, 2.45) is 0 Å². The van der Waals surface area contributed by atoms with Crippen LogP contribution in [0.15, 0.2) is 65.3 Å². The molecule has 2 N–H and O–H groups in total. The second kappa shape index (κ2) is 8.09. The summed E-state index contributed by atoms with van der Waals surface area (Å²) < 4.78 is 5.35. The summed E-state index contributed by atoms with van der Waals surface area (Å²) in [5.74, 6) is 1.25. The fourth-order valence-corrected chi connectivity index (χ4v) is 3.74. The van der Waals surface area contributed by atoms with Crippen LogP contribution in [0.25, 0.3) is 0 Å². The Labute approximate surface area is 170 Å². The molecule has 0 spiro atoms. The number of aromatic nitrogens is 1. The minimum absolute atomic E-state index is 0.0745. The van der Waals surface area contributed by atoms with Crippen molar-refractivity contribution in [3.05, 3.63) is 83.4 Å². The van der Waals surface area contributed by atoms with E-state index in [1.807, 2.05) is 61.5 Å². The van der Waals surface area contributed by atoms with E-state index in [2.05, 4.69) is 10.3 Å². The highest BCUT2D eigenvalue weighted by Gasteiger charge is 2.36. The van der Waals surface area contributed by atoms with E-state index in [1.54, 1.807) is 11.2 Å². The highest BCUT2D eigenvalue weighted by atomic mass is 16.3. The largest absolute Gasteiger partial charge is 0.467 e. The molecule has 1 fully saturated rings. The monoisotopic (exact) mass is 391 g/mol. The fourth-order valence-electron chi connectivity index (χ4n) is 3.74. The summed E-state index contributed by atoms with van der Waals surface area (Å²) in [6, 6.07) is 17.0. The van der Waals surface area contributed by atoms with Gasteiger partial charge < -0.3 is 19.7 Å². The maximum atomic E-state index is 13.2. The minimum Gasteiger partial charge on any atom is -0.467 e. The molecular weight excluding hydrogens is 366 g/mol. The normalized spacial score (nSPS) is 15.9. The quantitative estimate of drug-likeness (QED) is 0.693. The molecule has 2 aromatic heterocycles. The highest BCUT2D eigenvalue weighted by Crippen LogP contribution is 2.33. The number of pyridine rings is 1. The lowest BCUT2D eigenvalue weighted by molar-refractivity contribution is -0.0211. The molecule has 3 aromatic rings. The van der Waals surface area contributed by atoms with Crippen LogP contribution in [0.1, 0.15) is 40.2 Å². The minimum atomic E-state index is -0.885. The Balaban J connectivity index is 1.47. The van der Waals surface area contributed by atoms with E-state index >= 15 is 0 Å². The third-order valence-electron chi connectivity index (χ3n) is 5.46. The first-order chi connectivity index (χ1) is 14.0. The zero-order chi connectivity index (χ0) is 20.3. The summed E-state index contributed by atoms with van der Waals surface area (Å²) in [6.45, 7) is 3.34. The summed E-state index contributed by atoms with van der Waals surface area (Å²) in [5, 5.41) is 14.2. The predicted molar refractivity (Wildman–Crippen MR) is 110 cm³/mol. The van der Waals surface area contributed by atoms with Gasteiger partial charge in [-0.15, -0.1) is 0 Å². The number of likely N-dealkylation sites (tertiary alicyclic amines) is 1. The van der Waals surface area contributed by atoms with E-state index in [0.717, 1.165) is 17.0 Å². The maximum absolute atomic E-state index is 13.2. The van der Waals surface area contributed by atoms with Crippen LogP contribution in [-0.2, 0) is 12.1 Å². The first-order valence-corrected chi connectivity index (χ1v) is 9.86. The van der Waals surface area contributed by atoms with Gasteiger partial charge in [-0.05, 0) is 49.6 Å². The summed E-state index contributed by atoms with van der Waals surface area (Å²) >= 11 is 0. The zero-order valence-electron chi connectivity index (χ0n) is 16.5. The number of nitrogens with one attached hydrogen (secondary N) is 1. The zero-order valence-corrected chi connectivity index (χ0v) is 16.5. The molecule has 150 valence electrons. The lowest BCUT2D eigenvalue weighted by atomic mass is 9.84. The van der Waals surface area contributed by atoms with E-state index in [9.17, 15) is 9.90 Å². The summed E-state index contributed by atoms with van der Waals surface area (Å²) in [4.78, 5) is 19.5. The van der Waals surface area contributed by atoms with E-state index in [-0.39, 0.29) is 5.91 Å². The van der Waals surface area contributed by atoms with Crippen LogP contribution < -0.4 is 5.32 Å². The molecule has 1 aromatic carbocycles. The van der Waals surface area contributed by atoms with Crippen LogP contribution in [0.4, 0.5) is 5.82 Å². The first kappa shape index (κ1) is 19.2. The molecule has 4 rings (SSSR count). The van der Waals surface area contributed by atoms with Gasteiger partial charge in [0.1, 0.15) is 11.6 Å². The fraction of sp³-hybridized carbons (Fsp3) is 0.304. The Kier molecular flexibility index (Phi) is 5.36. The molecule has 1 aliphatic rings. The Morgan fingerprint density at radius 2 is 1.90 bits per heavy atom. The Hall–Kier alpha value is -3.12. The number of hydrogen-bond donors (Lipinski definition) is 2. The van der Waals surface area contributed by atoms with Gasteiger partial charge in [-0.3, -0.25) is 4.79 Å². The standard InChI is InChI=1S/C23H25N3O3/c1-17-9-10-20(21(25-17)24-16-19-8-5-15-29-19)22(27)26-13-11-23(28,12-14-26)18-6-3-2-4-7-18/h2-10,15,28H,11-14,16H2,1H3,(H,24,25). The van der Waals surface area contributed by atoms with Gasteiger partial charge in [-0.2, -0.15) is 0 Å². The summed E-state index contributed by atoms with van der Waals surface area (Å²) in [7, 11) is 0. The molecule has 1 amide bonds. The molecule has 0 saturated carbocycles. The summed E-state index contributed by atoms with van der Waals surface area (Å²) in [5.41, 5.74) is 1.39. The third-order valence-corrected chi connectivity index (χ3v) is 5.46. The smallest absolute Gasteiger partial charge is 0.257 e. The van der Waals surface area contributed by atoms with Crippen molar-refractivity contribution in [2.45, 2.75) is 31.9 Å². The number of amides is 1. The number of aliphatic hydroxyl groups is 1. The van der Waals surface area contributed by atoms with Crippen molar-refractivity contribution in [2.75, 3.05) is 18.4 Å². The van der Waals surface area contributed by atoms with E-state index < -0.39 is 5.60 Å². The van der Waals surface area contributed by atoms with E-state index in [0.29, 0.717) is 43.9 Å². The molecule has 1 saturated heterocycles. The van der Waals surface area contributed by atoms with Gasteiger partial charge in [-0.25, -0.2) is 4.98 Å². The number of rotatable bonds is 5. The Morgan fingerprint density at radius 1 is 1.14 bits per heavy atom. The van der Waals surface area contributed by atoms with Gasteiger partial charge >= 0.3 is 0 Å². The van der Waals surface area contributed by atoms with Crippen LogP contribution in [0, 0.1) is 6.92 Å². The Morgan fingerprint density at radius 3 is 2.59 bits per heavy atom. The average molecular weight is 391 g/mol. The van der Waals surface area contributed by atoms with Crippen LogP contribution >= 0.6 is 0 Å². The average Bonchev–Trinajstić information content (AvgIpc) is 3.27. The van der Waals surface area contributed by atoms with Crippen molar-refractivity contribution in [3.63, 3.8) is 0 Å². The van der Waals surface area contributed by atoms with Gasteiger partial charge in [0.25, 0.3) is 5.91 Å². The molecule has 6 heteroatoms. The number of carbonyl (C=O) groups is 1. The first-order valence-electron chi connectivity index (χ1n) is 9.86. The third kappa shape index (κ3) is 4.17. The van der Waals surface area contributed by atoms with Gasteiger partial charge in [0.2, 0.25) is 0 Å². The maximum Gasteiger partial charge on any atom is 0.257 e. The number of aryl methyl sites for hydroxylation is 1. The molecule has 0 radical (unpaired) electrons. The van der Waals surface area contributed by atoms with Crippen molar-refractivity contribution in [1.29, 1.82) is 0 Å². The number of piperidine rings is 1. The van der Waals surface area contributed by atoms with Gasteiger partial charge in [0.15, 0.2) is 0 Å². The van der Waals surface area contributed by atoms with E-state index in [1.165, 1.54) is 0 Å². The van der Waals surface area contributed by atoms with Gasteiger partial charge in [-0.1, -0.05) is 30.3 Å². The molecule has 0 aliphatic carbocycles. The highest BCUT2D eigenvalue weighted by molar-refractivity contribution is 5.98. The number of hydrogen-bond acceptors (Lipinski definition) is 5. The predicted octanol–water partition coefficient (Wildman–Crippen LogP) is 3.72. The molecule has 3 heterocycles. The second-order valence-electron chi connectivity index (χ2n) is 7.47. The van der Waals surface area contributed by atoms with Crippen LogP contribution in [0.5, 0.6) is 0 Å². The van der Waals surface area contributed by atoms with E-state index in [4.69, 9.17) is 4.42 Å². The molecule has 29 heavy (non-hydrogen) atoms. The van der Waals surface area contributed by atoms with Crippen molar-refractivity contribution in [1.82, 2.24) is 9.88 Å². The number of anilines is 1. The SMILES string of the molecule is Cc1ccc(C(=O)N2CCC(O)(c3ccccc3)CC2)c(NCc2ccco2)n1. The van der Waals surface area contributed by atoms with Crippen LogP contribution in [0.2, 0.25) is 0 Å². The number of nitrogens with zero attached hydrogens (tertiary/aromatic N) is 2. The van der Waals surface area contributed by atoms with Crippen molar-refractivity contribution >= 4 is 11.7 Å². The lowest BCUT2D eigenvalue weighted by Crippen LogP contribution is -2.45. The van der Waals surface area contributed by atoms with Crippen LogP contribution in [-0.4, -0.2) is 34.0 Å². The number of furan rings is 1. The van der Waals surface area contributed by atoms with Crippen LogP contribution in [0.3, 0.4) is 0 Å². The van der Waals surface area contributed by atoms with Gasteiger partial charge in [0.05, 0.1) is 24.0 Å². The molecule has 0 bridgehead atoms. The lowest BCUT2D eigenvalue weighted by Gasteiger charge is -2.38. The molecule has 0 unspecified atom stereocenters. The summed E-state index contributed by atoms with van der Waals surface area (Å²) in [6.07, 6.45) is 2.64. The van der Waals surface area contributed by atoms with Gasteiger partial charge in [0, 0.05) is 18.8 Å². The van der Waals surface area contributed by atoms with Crippen molar-refractivity contribution in [3.8, 4) is 0 Å². The molecule has 1 aliphatic heterocycles.